The third kappa shape index (κ3) is 4.98. The molecule has 120 valence electrons. The lowest BCUT2D eigenvalue weighted by Crippen LogP contribution is -2.38. The molecule has 0 aromatic heterocycles. The molecule has 1 atom stereocenters. The van der Waals surface area contributed by atoms with E-state index in [9.17, 15) is 0 Å². The van der Waals surface area contributed by atoms with Gasteiger partial charge in [-0.15, -0.1) is 12.4 Å². The highest BCUT2D eigenvalue weighted by atomic mass is 35.5. The Labute approximate surface area is 136 Å². The molecule has 0 aliphatic carbocycles. The number of hydrogen-bond donors (Lipinski definition) is 1. The van der Waals surface area contributed by atoms with Crippen molar-refractivity contribution in [2.24, 2.45) is 5.92 Å². The Hall–Kier alpha value is -0.570. The number of hydrogen-bond acceptors (Lipinski definition) is 2. The Morgan fingerprint density at radius 1 is 1.05 bits per heavy atom. The van der Waals surface area contributed by atoms with E-state index in [0.29, 0.717) is 12.0 Å². The maximum absolute atomic E-state index is 3.31. The lowest BCUT2D eigenvalue weighted by atomic mass is 9.94. The van der Waals surface area contributed by atoms with Gasteiger partial charge in [0.25, 0.3) is 0 Å². The summed E-state index contributed by atoms with van der Waals surface area (Å²) in [6.45, 7) is 10.5. The van der Waals surface area contributed by atoms with Crippen LogP contribution in [0.5, 0.6) is 0 Å². The van der Waals surface area contributed by atoms with Gasteiger partial charge in [-0.1, -0.05) is 38.1 Å². The van der Waals surface area contributed by atoms with Crippen LogP contribution in [0.3, 0.4) is 0 Å². The molecule has 0 amide bonds. The van der Waals surface area contributed by atoms with E-state index in [2.05, 4.69) is 62.3 Å². The zero-order valence-electron chi connectivity index (χ0n) is 13.9. The van der Waals surface area contributed by atoms with Crippen molar-refractivity contribution < 1.29 is 0 Å². The van der Waals surface area contributed by atoms with Gasteiger partial charge in [-0.2, -0.15) is 0 Å². The molecule has 1 aromatic carbocycles. The van der Waals surface area contributed by atoms with Gasteiger partial charge >= 0.3 is 0 Å². The van der Waals surface area contributed by atoms with Crippen molar-refractivity contribution in [1.82, 2.24) is 10.2 Å². The SMILES string of the molecule is CNCC1CCN(C(C)c2ccc(C(C)C)cc2)CC1.Cl. The Kier molecular flexibility index (Phi) is 7.72. The summed E-state index contributed by atoms with van der Waals surface area (Å²) >= 11 is 0. The molecule has 1 aliphatic rings. The van der Waals surface area contributed by atoms with Gasteiger partial charge in [0.2, 0.25) is 0 Å². The number of piperidine rings is 1. The number of likely N-dealkylation sites (tertiary alicyclic amines) is 1. The lowest BCUT2D eigenvalue weighted by molar-refractivity contribution is 0.141. The topological polar surface area (TPSA) is 15.3 Å². The van der Waals surface area contributed by atoms with Gasteiger partial charge in [0.15, 0.2) is 0 Å². The van der Waals surface area contributed by atoms with Gasteiger partial charge < -0.3 is 5.32 Å². The predicted octanol–water partition coefficient (Wildman–Crippen LogP) is 4.22. The summed E-state index contributed by atoms with van der Waals surface area (Å²) in [7, 11) is 2.06. The molecule has 1 heterocycles. The average molecular weight is 311 g/mol. The first-order valence-electron chi connectivity index (χ1n) is 8.10. The number of halogens is 1. The first-order chi connectivity index (χ1) is 9.61. The van der Waals surface area contributed by atoms with Crippen molar-refractivity contribution in [2.45, 2.75) is 45.6 Å². The van der Waals surface area contributed by atoms with Crippen molar-refractivity contribution in [1.29, 1.82) is 0 Å². The Morgan fingerprint density at radius 3 is 2.05 bits per heavy atom. The monoisotopic (exact) mass is 310 g/mol. The summed E-state index contributed by atoms with van der Waals surface area (Å²) < 4.78 is 0. The summed E-state index contributed by atoms with van der Waals surface area (Å²) in [5, 5.41) is 3.31. The average Bonchev–Trinajstić information content (AvgIpc) is 2.48. The van der Waals surface area contributed by atoms with Crippen LogP contribution < -0.4 is 5.32 Å². The van der Waals surface area contributed by atoms with Crippen LogP contribution in [0.4, 0.5) is 0 Å². The first kappa shape index (κ1) is 18.5. The van der Waals surface area contributed by atoms with Crippen LogP contribution in [0, 0.1) is 5.92 Å². The highest BCUT2D eigenvalue weighted by molar-refractivity contribution is 5.85. The van der Waals surface area contributed by atoms with Crippen molar-refractivity contribution in [3.63, 3.8) is 0 Å². The van der Waals surface area contributed by atoms with E-state index in [1.807, 2.05) is 0 Å². The van der Waals surface area contributed by atoms with Gasteiger partial charge in [0, 0.05) is 6.04 Å². The zero-order valence-corrected chi connectivity index (χ0v) is 14.7. The molecule has 21 heavy (non-hydrogen) atoms. The van der Waals surface area contributed by atoms with Gasteiger partial charge in [-0.3, -0.25) is 4.90 Å². The molecule has 3 heteroatoms. The van der Waals surface area contributed by atoms with E-state index >= 15 is 0 Å². The molecule has 1 fully saturated rings. The molecule has 2 nitrogen and oxygen atoms in total. The second kappa shape index (κ2) is 8.77. The van der Waals surface area contributed by atoms with Gasteiger partial charge in [-0.25, -0.2) is 0 Å². The summed E-state index contributed by atoms with van der Waals surface area (Å²) in [4.78, 5) is 2.64. The first-order valence-corrected chi connectivity index (χ1v) is 8.10. The summed E-state index contributed by atoms with van der Waals surface area (Å²) in [6.07, 6.45) is 2.66. The largest absolute Gasteiger partial charge is 0.319 e. The molecule has 1 saturated heterocycles. The highest BCUT2D eigenvalue weighted by Crippen LogP contribution is 2.27. The molecule has 1 unspecified atom stereocenters. The number of rotatable bonds is 5. The quantitative estimate of drug-likeness (QED) is 0.876. The van der Waals surface area contributed by atoms with Gasteiger partial charge in [0.1, 0.15) is 0 Å². The molecule has 0 radical (unpaired) electrons. The van der Waals surface area contributed by atoms with Crippen molar-refractivity contribution >= 4 is 12.4 Å². The van der Waals surface area contributed by atoms with E-state index in [1.54, 1.807) is 0 Å². The minimum Gasteiger partial charge on any atom is -0.319 e. The molecule has 1 aromatic rings. The maximum atomic E-state index is 3.31. The van der Waals surface area contributed by atoms with E-state index in [-0.39, 0.29) is 12.4 Å². The van der Waals surface area contributed by atoms with Crippen LogP contribution in [0.25, 0.3) is 0 Å². The zero-order chi connectivity index (χ0) is 14.5. The number of nitrogens with one attached hydrogen (secondary N) is 1. The van der Waals surface area contributed by atoms with Crippen LogP contribution in [-0.4, -0.2) is 31.6 Å². The van der Waals surface area contributed by atoms with E-state index in [1.165, 1.54) is 43.6 Å². The molecular weight excluding hydrogens is 280 g/mol. The van der Waals surface area contributed by atoms with E-state index in [0.717, 1.165) is 5.92 Å². The normalized spacial score (nSPS) is 18.5. The second-order valence-electron chi connectivity index (χ2n) is 6.53. The van der Waals surface area contributed by atoms with E-state index < -0.39 is 0 Å². The number of benzene rings is 1. The van der Waals surface area contributed by atoms with Crippen LogP contribution >= 0.6 is 12.4 Å². The van der Waals surface area contributed by atoms with Crippen LogP contribution in [0.15, 0.2) is 24.3 Å². The standard InChI is InChI=1S/C18H30N2.ClH/c1-14(2)17-5-7-18(8-6-17)15(3)20-11-9-16(10-12-20)13-19-4;/h5-8,14-16,19H,9-13H2,1-4H3;1H. The van der Waals surface area contributed by atoms with Crippen molar-refractivity contribution in [2.75, 3.05) is 26.7 Å². The van der Waals surface area contributed by atoms with Crippen molar-refractivity contribution in [3.05, 3.63) is 35.4 Å². The predicted molar refractivity (Wildman–Crippen MR) is 94.4 cm³/mol. The number of nitrogens with zero attached hydrogens (tertiary/aromatic N) is 1. The summed E-state index contributed by atoms with van der Waals surface area (Å²) in [6, 6.07) is 9.78. The maximum Gasteiger partial charge on any atom is 0.0319 e. The molecule has 1 aliphatic heterocycles. The fourth-order valence-corrected chi connectivity index (χ4v) is 3.20. The van der Waals surface area contributed by atoms with Gasteiger partial charge in [-0.05, 0) is 69.4 Å². The Morgan fingerprint density at radius 2 is 1.57 bits per heavy atom. The fraction of sp³-hybridized carbons (Fsp3) is 0.667. The van der Waals surface area contributed by atoms with E-state index in [4.69, 9.17) is 0 Å². The minimum atomic E-state index is 0. The molecule has 0 saturated carbocycles. The minimum absolute atomic E-state index is 0. The third-order valence-corrected chi connectivity index (χ3v) is 4.78. The fourth-order valence-electron chi connectivity index (χ4n) is 3.20. The Balaban J connectivity index is 0.00000220. The smallest absolute Gasteiger partial charge is 0.0319 e. The summed E-state index contributed by atoms with van der Waals surface area (Å²) in [5.41, 5.74) is 2.90. The molecule has 1 N–H and O–H groups in total. The molecule has 0 spiro atoms. The van der Waals surface area contributed by atoms with Gasteiger partial charge in [0.05, 0.1) is 0 Å². The third-order valence-electron chi connectivity index (χ3n) is 4.78. The molecular formula is C18H31ClN2. The van der Waals surface area contributed by atoms with Crippen LogP contribution in [-0.2, 0) is 0 Å². The van der Waals surface area contributed by atoms with Crippen LogP contribution in [0.2, 0.25) is 0 Å². The highest BCUT2D eigenvalue weighted by Gasteiger charge is 2.23. The molecule has 0 bridgehead atoms. The second-order valence-corrected chi connectivity index (χ2v) is 6.53. The molecule has 2 rings (SSSR count). The lowest BCUT2D eigenvalue weighted by Gasteiger charge is -2.36. The van der Waals surface area contributed by atoms with Crippen molar-refractivity contribution in [3.8, 4) is 0 Å². The summed E-state index contributed by atoms with van der Waals surface area (Å²) in [5.74, 6) is 1.49. The van der Waals surface area contributed by atoms with Crippen LogP contribution in [0.1, 0.15) is 56.7 Å². The Bertz CT molecular complexity index is 394.